The number of aromatic hydroxyl groups is 1. The smallest absolute Gasteiger partial charge is 0.289 e. The lowest BCUT2D eigenvalue weighted by atomic mass is 10.0. The minimum atomic E-state index is -0.319. The number of nitrogens with one attached hydrogen (secondary N) is 2. The van der Waals surface area contributed by atoms with Crippen LogP contribution in [-0.2, 0) is 4.74 Å². The van der Waals surface area contributed by atoms with Crippen LogP contribution in [0, 0.1) is 5.41 Å². The van der Waals surface area contributed by atoms with Crippen LogP contribution in [0.1, 0.15) is 42.4 Å². The molecule has 182 valence electrons. The van der Waals surface area contributed by atoms with Crippen molar-refractivity contribution in [3.63, 3.8) is 0 Å². The maximum atomic E-state index is 13.0. The summed E-state index contributed by atoms with van der Waals surface area (Å²) in [5.41, 5.74) is 9.34. The second kappa shape index (κ2) is 9.38. The number of amides is 1. The van der Waals surface area contributed by atoms with E-state index in [2.05, 4.69) is 20.4 Å². The molecule has 0 bridgehead atoms. The Labute approximate surface area is 203 Å². The maximum absolute atomic E-state index is 13.0. The Kier molecular flexibility index (Phi) is 6.12. The predicted octanol–water partition coefficient (Wildman–Crippen LogP) is 2.73. The highest BCUT2D eigenvalue weighted by atomic mass is 16.5. The van der Waals surface area contributed by atoms with Crippen molar-refractivity contribution < 1.29 is 14.6 Å². The van der Waals surface area contributed by atoms with Crippen molar-refractivity contribution in [1.82, 2.24) is 20.1 Å². The fourth-order valence-electron chi connectivity index (χ4n) is 4.20. The van der Waals surface area contributed by atoms with Crippen LogP contribution in [0.2, 0.25) is 0 Å². The molecule has 2 heterocycles. The Morgan fingerprint density at radius 2 is 1.86 bits per heavy atom. The van der Waals surface area contributed by atoms with Crippen LogP contribution in [0.3, 0.4) is 0 Å². The monoisotopic (exact) mass is 475 g/mol. The molecule has 5 N–H and O–H groups in total. The first kappa shape index (κ1) is 22.9. The molecule has 2 fully saturated rings. The molecule has 1 saturated heterocycles. The van der Waals surface area contributed by atoms with E-state index in [0.29, 0.717) is 53.7 Å². The standard InChI is InChI=1S/C25H29N7O3/c1-2-20(26)18-13-19(22(33)14-21(18)27)23-29-30-24(25(34)28-15-3-4-15)32(23)17-7-5-16(6-8-17)31-9-11-35-12-10-31/h5-8,13-15,26,33H,2-4,9-12,27H2,1H3,(H,28,34). The van der Waals surface area contributed by atoms with Gasteiger partial charge in [-0.3, -0.25) is 9.36 Å². The van der Waals surface area contributed by atoms with E-state index >= 15 is 0 Å². The summed E-state index contributed by atoms with van der Waals surface area (Å²) in [6, 6.07) is 11.0. The zero-order valence-corrected chi connectivity index (χ0v) is 19.6. The Hall–Kier alpha value is -3.92. The number of benzene rings is 2. The molecule has 0 radical (unpaired) electrons. The highest BCUT2D eigenvalue weighted by molar-refractivity contribution is 6.04. The summed E-state index contributed by atoms with van der Waals surface area (Å²) in [7, 11) is 0. The Balaban J connectivity index is 1.60. The lowest BCUT2D eigenvalue weighted by molar-refractivity contribution is 0.0938. The molecule has 1 aliphatic heterocycles. The molecule has 0 unspecified atom stereocenters. The van der Waals surface area contributed by atoms with Gasteiger partial charge in [-0.05, 0) is 49.6 Å². The molecule has 2 aliphatic rings. The van der Waals surface area contributed by atoms with Gasteiger partial charge in [0.2, 0.25) is 5.82 Å². The van der Waals surface area contributed by atoms with E-state index < -0.39 is 0 Å². The zero-order chi connectivity index (χ0) is 24.5. The number of phenols is 1. The van der Waals surface area contributed by atoms with Gasteiger partial charge in [0.1, 0.15) is 5.75 Å². The summed E-state index contributed by atoms with van der Waals surface area (Å²) in [5, 5.41) is 30.5. The van der Waals surface area contributed by atoms with Gasteiger partial charge < -0.3 is 31.2 Å². The summed E-state index contributed by atoms with van der Waals surface area (Å²) in [6.07, 6.45) is 2.38. The molecule has 0 atom stereocenters. The average molecular weight is 476 g/mol. The third-order valence-electron chi connectivity index (χ3n) is 6.35. The largest absolute Gasteiger partial charge is 0.507 e. The topological polar surface area (TPSA) is 142 Å². The molecule has 0 spiro atoms. The summed E-state index contributed by atoms with van der Waals surface area (Å²) in [4.78, 5) is 15.3. The van der Waals surface area contributed by atoms with Crippen molar-refractivity contribution >= 4 is 23.0 Å². The van der Waals surface area contributed by atoms with Crippen LogP contribution in [-0.4, -0.2) is 63.8 Å². The third kappa shape index (κ3) is 4.57. The number of nitrogens with two attached hydrogens (primary N) is 1. The van der Waals surface area contributed by atoms with E-state index in [0.717, 1.165) is 31.6 Å². The van der Waals surface area contributed by atoms with Crippen molar-refractivity contribution in [3.8, 4) is 22.8 Å². The minimum Gasteiger partial charge on any atom is -0.507 e. The lowest BCUT2D eigenvalue weighted by Gasteiger charge is -2.29. The average Bonchev–Trinajstić information content (AvgIpc) is 3.58. The number of nitrogens with zero attached hydrogens (tertiary/aromatic N) is 4. The Morgan fingerprint density at radius 1 is 1.17 bits per heavy atom. The van der Waals surface area contributed by atoms with Crippen LogP contribution in [0.5, 0.6) is 5.75 Å². The quantitative estimate of drug-likeness (QED) is 0.304. The Bertz CT molecular complexity index is 1260. The molecule has 10 nitrogen and oxygen atoms in total. The van der Waals surface area contributed by atoms with Crippen LogP contribution in [0.15, 0.2) is 36.4 Å². The normalized spacial score (nSPS) is 15.7. The number of phenolic OH excluding ortho intramolecular Hbond substituents is 1. The van der Waals surface area contributed by atoms with Gasteiger partial charge in [0, 0.05) is 53.5 Å². The molecule has 1 saturated carbocycles. The molecular weight excluding hydrogens is 446 g/mol. The van der Waals surface area contributed by atoms with Crippen molar-refractivity contribution in [2.75, 3.05) is 36.9 Å². The number of rotatable bonds is 7. The molecule has 1 aliphatic carbocycles. The van der Waals surface area contributed by atoms with Crippen LogP contribution >= 0.6 is 0 Å². The number of ether oxygens (including phenoxy) is 1. The molecule has 1 amide bonds. The van der Waals surface area contributed by atoms with Gasteiger partial charge >= 0.3 is 0 Å². The number of morpholine rings is 1. The number of hydrogen-bond acceptors (Lipinski definition) is 8. The summed E-state index contributed by atoms with van der Waals surface area (Å²) >= 11 is 0. The van der Waals surface area contributed by atoms with Crippen LogP contribution in [0.4, 0.5) is 11.4 Å². The molecular formula is C25H29N7O3. The first-order valence-electron chi connectivity index (χ1n) is 11.9. The molecule has 2 aromatic carbocycles. The summed E-state index contributed by atoms with van der Waals surface area (Å²) < 4.78 is 7.09. The van der Waals surface area contributed by atoms with E-state index in [1.807, 2.05) is 31.2 Å². The maximum Gasteiger partial charge on any atom is 0.289 e. The van der Waals surface area contributed by atoms with E-state index in [-0.39, 0.29) is 23.5 Å². The zero-order valence-electron chi connectivity index (χ0n) is 19.6. The number of carbonyl (C=O) groups excluding carboxylic acids is 1. The summed E-state index contributed by atoms with van der Waals surface area (Å²) in [6.45, 7) is 4.88. The predicted molar refractivity (Wildman–Crippen MR) is 134 cm³/mol. The van der Waals surface area contributed by atoms with E-state index in [1.165, 1.54) is 6.07 Å². The van der Waals surface area contributed by atoms with E-state index in [9.17, 15) is 9.90 Å². The number of carbonyl (C=O) groups is 1. The fraction of sp³-hybridized carbons (Fsp3) is 0.360. The van der Waals surface area contributed by atoms with Gasteiger partial charge in [-0.1, -0.05) is 6.92 Å². The Morgan fingerprint density at radius 3 is 2.51 bits per heavy atom. The molecule has 35 heavy (non-hydrogen) atoms. The summed E-state index contributed by atoms with van der Waals surface area (Å²) in [5.74, 6) is 0.0185. The van der Waals surface area contributed by atoms with Gasteiger partial charge in [0.05, 0.1) is 18.8 Å². The van der Waals surface area contributed by atoms with Crippen molar-refractivity contribution in [1.29, 1.82) is 5.41 Å². The van der Waals surface area contributed by atoms with Gasteiger partial charge in [-0.2, -0.15) is 0 Å². The third-order valence-corrected chi connectivity index (χ3v) is 6.35. The van der Waals surface area contributed by atoms with E-state index in [1.54, 1.807) is 10.6 Å². The lowest BCUT2D eigenvalue weighted by Crippen LogP contribution is -2.36. The van der Waals surface area contributed by atoms with Crippen LogP contribution < -0.4 is 16.0 Å². The van der Waals surface area contributed by atoms with Gasteiger partial charge in [-0.15, -0.1) is 10.2 Å². The second-order valence-corrected chi connectivity index (χ2v) is 8.83. The molecule has 3 aromatic rings. The minimum absolute atomic E-state index is 0.0945. The van der Waals surface area contributed by atoms with Crippen LogP contribution in [0.25, 0.3) is 17.1 Å². The highest BCUT2D eigenvalue weighted by Gasteiger charge is 2.29. The first-order valence-corrected chi connectivity index (χ1v) is 11.9. The SMILES string of the molecule is CCC(=N)c1cc(-c2nnc(C(=O)NC3CC3)n2-c2ccc(N3CCOCC3)cc2)c(O)cc1N. The second-order valence-electron chi connectivity index (χ2n) is 8.83. The number of hydrogen-bond donors (Lipinski definition) is 4. The van der Waals surface area contributed by atoms with Gasteiger partial charge in [0.25, 0.3) is 5.91 Å². The number of aromatic nitrogens is 3. The molecule has 1 aromatic heterocycles. The molecule has 10 heteroatoms. The fourth-order valence-corrected chi connectivity index (χ4v) is 4.20. The van der Waals surface area contributed by atoms with Crippen molar-refractivity contribution in [2.45, 2.75) is 32.2 Å². The van der Waals surface area contributed by atoms with Crippen molar-refractivity contribution in [3.05, 3.63) is 47.8 Å². The van der Waals surface area contributed by atoms with E-state index in [4.69, 9.17) is 15.9 Å². The number of nitrogen functional groups attached to an aromatic ring is 1. The number of anilines is 2. The van der Waals surface area contributed by atoms with Gasteiger partial charge in [0.15, 0.2) is 5.82 Å². The highest BCUT2D eigenvalue weighted by Crippen LogP contribution is 2.35. The van der Waals surface area contributed by atoms with Crippen molar-refractivity contribution in [2.24, 2.45) is 0 Å². The first-order chi connectivity index (χ1) is 17.0. The van der Waals surface area contributed by atoms with Gasteiger partial charge in [-0.25, -0.2) is 0 Å². The molecule has 5 rings (SSSR count).